The van der Waals surface area contributed by atoms with Gasteiger partial charge in [0.1, 0.15) is 0 Å². The average molecular weight is 365 g/mol. The van der Waals surface area contributed by atoms with Crippen molar-refractivity contribution in [3.8, 4) is 0 Å². The molecule has 5 heteroatoms. The number of unbranched alkanes of at least 4 members (excludes halogenated alkanes) is 7. The molecule has 0 aliphatic carbocycles. The molecule has 0 saturated heterocycles. The average Bonchev–Trinajstić information content (AvgIpc) is 2.40. The van der Waals surface area contributed by atoms with E-state index < -0.39 is 8.56 Å². The lowest BCUT2D eigenvalue weighted by molar-refractivity contribution is 0.109. The van der Waals surface area contributed by atoms with Gasteiger partial charge in [-0.25, -0.2) is 0 Å². The minimum atomic E-state index is -1.96. The lowest BCUT2D eigenvalue weighted by Gasteiger charge is -2.31. The fourth-order valence-electron chi connectivity index (χ4n) is 2.72. The van der Waals surface area contributed by atoms with Crippen LogP contribution in [0.15, 0.2) is 0 Å². The highest BCUT2D eigenvalue weighted by Crippen LogP contribution is 2.22. The van der Waals surface area contributed by atoms with Crippen LogP contribution in [0.3, 0.4) is 0 Å². The predicted molar refractivity (Wildman–Crippen MR) is 107 cm³/mol. The summed E-state index contributed by atoms with van der Waals surface area (Å²) in [7, 11) is -1.96. The minimum absolute atomic E-state index is 0.277. The largest absolute Gasteiger partial charge is 0.392 e. The lowest BCUT2D eigenvalue weighted by Crippen LogP contribution is -2.42. The van der Waals surface area contributed by atoms with Gasteiger partial charge in [0.05, 0.1) is 0 Å². The van der Waals surface area contributed by atoms with E-state index >= 15 is 0 Å². The normalized spacial score (nSPS) is 11.5. The summed E-state index contributed by atoms with van der Waals surface area (Å²) in [5.74, 6) is 0. The number of carbonyl (C=O) groups excluding carboxylic acids is 1. The third-order valence-corrected chi connectivity index (χ3v) is 6.66. The Morgan fingerprint density at radius 3 is 1.57 bits per heavy atom. The summed E-state index contributed by atoms with van der Waals surface area (Å²) in [6.45, 7) is 13.0. The summed E-state index contributed by atoms with van der Waals surface area (Å²) in [6, 6.07) is 1.14. The van der Waals surface area contributed by atoms with Gasteiger partial charge in [-0.2, -0.15) is 0 Å². The second-order valence-corrected chi connectivity index (χ2v) is 10.2. The first-order chi connectivity index (χ1) is 10.8. The van der Waals surface area contributed by atoms with Crippen LogP contribution in [0.1, 0.15) is 86.0 Å². The van der Waals surface area contributed by atoms with Gasteiger partial charge in [-0.05, 0) is 40.3 Å². The number of rotatable bonds is 13. The van der Waals surface area contributed by atoms with Gasteiger partial charge >= 0.3 is 8.56 Å². The van der Waals surface area contributed by atoms with Crippen molar-refractivity contribution in [1.29, 1.82) is 0 Å². The van der Waals surface area contributed by atoms with Crippen molar-refractivity contribution in [1.82, 2.24) is 0 Å². The molecular formula is C18H40O3SSi. The molecule has 0 radical (unpaired) electrons. The van der Waals surface area contributed by atoms with Gasteiger partial charge in [-0.15, -0.1) is 12.6 Å². The molecule has 3 nitrogen and oxygen atoms in total. The number of thiol groups is 1. The van der Waals surface area contributed by atoms with Crippen LogP contribution in [-0.4, -0.2) is 26.4 Å². The summed E-state index contributed by atoms with van der Waals surface area (Å²) >= 11 is 3.11. The third kappa shape index (κ3) is 20.1. The van der Waals surface area contributed by atoms with E-state index in [0.717, 1.165) is 6.04 Å². The molecule has 0 bridgehead atoms. The summed E-state index contributed by atoms with van der Waals surface area (Å²) in [4.78, 5) is 8.67. The van der Waals surface area contributed by atoms with E-state index in [1.807, 2.05) is 0 Å². The van der Waals surface area contributed by atoms with Crippen molar-refractivity contribution in [2.24, 2.45) is 0 Å². The Labute approximate surface area is 151 Å². The third-order valence-electron chi connectivity index (χ3n) is 3.45. The van der Waals surface area contributed by atoms with Crippen molar-refractivity contribution in [2.45, 2.75) is 111 Å². The van der Waals surface area contributed by atoms with E-state index in [2.05, 4.69) is 53.8 Å². The Morgan fingerprint density at radius 1 is 0.870 bits per heavy atom. The maximum atomic E-state index is 8.67. The van der Waals surface area contributed by atoms with E-state index in [0.29, 0.717) is 5.62 Å². The van der Waals surface area contributed by atoms with E-state index in [4.69, 9.17) is 13.6 Å². The van der Waals surface area contributed by atoms with Gasteiger partial charge in [0.15, 0.2) is 5.62 Å². The minimum Gasteiger partial charge on any atom is -0.392 e. The molecule has 0 atom stereocenters. The Kier molecular flexibility index (Phi) is 18.8. The second-order valence-electron chi connectivity index (χ2n) is 6.80. The first kappa shape index (κ1) is 25.4. The highest BCUT2D eigenvalue weighted by molar-refractivity contribution is 7.94. The molecule has 0 rings (SSSR count). The van der Waals surface area contributed by atoms with E-state index in [9.17, 15) is 0 Å². The zero-order chi connectivity index (χ0) is 18.1. The Morgan fingerprint density at radius 2 is 1.22 bits per heavy atom. The molecule has 0 heterocycles. The first-order valence-electron chi connectivity index (χ1n) is 9.24. The van der Waals surface area contributed by atoms with Crippen LogP contribution in [0.4, 0.5) is 0 Å². The Hall–Kier alpha value is 0.157. The summed E-state index contributed by atoms with van der Waals surface area (Å²) in [6.07, 6.45) is 11.5. The van der Waals surface area contributed by atoms with Gasteiger partial charge in [-0.3, -0.25) is 4.79 Å². The van der Waals surface area contributed by atoms with Crippen LogP contribution >= 0.6 is 12.6 Å². The molecule has 0 aromatic carbocycles. The van der Waals surface area contributed by atoms with Crippen LogP contribution in [0.5, 0.6) is 0 Å². The molecule has 0 saturated carbocycles. The molecule has 0 aliphatic rings. The molecule has 0 aromatic heterocycles. The second kappa shape index (κ2) is 17.0. The van der Waals surface area contributed by atoms with Crippen LogP contribution in [0.25, 0.3) is 0 Å². The molecule has 0 unspecified atom stereocenters. The Bertz CT molecular complexity index is 251. The monoisotopic (exact) mass is 364 g/mol. The quantitative estimate of drug-likeness (QED) is 0.184. The van der Waals surface area contributed by atoms with Crippen molar-refractivity contribution >= 4 is 26.8 Å². The van der Waals surface area contributed by atoms with Crippen molar-refractivity contribution in [3.05, 3.63) is 0 Å². The molecule has 0 aliphatic heterocycles. The number of hydrogen-bond acceptors (Lipinski definition) is 3. The SMILES string of the molecule is CCCCCCCCCC[Si](C)(OC(C)C)OC(C)C.O=CS. The maximum Gasteiger partial charge on any atom is 0.335 e. The molecule has 0 amide bonds. The molecule has 0 fully saturated rings. The van der Waals surface area contributed by atoms with Gasteiger partial charge in [0.25, 0.3) is 0 Å². The Balaban J connectivity index is 0. The van der Waals surface area contributed by atoms with E-state index in [1.165, 1.54) is 51.4 Å². The zero-order valence-corrected chi connectivity index (χ0v) is 18.2. The predicted octanol–water partition coefficient (Wildman–Crippen LogP) is 6.16. The van der Waals surface area contributed by atoms with Crippen molar-refractivity contribution in [2.75, 3.05) is 0 Å². The smallest absolute Gasteiger partial charge is 0.335 e. The van der Waals surface area contributed by atoms with Crippen LogP contribution in [0, 0.1) is 0 Å². The molecule has 23 heavy (non-hydrogen) atoms. The van der Waals surface area contributed by atoms with E-state index in [-0.39, 0.29) is 12.2 Å². The van der Waals surface area contributed by atoms with Crippen LogP contribution in [-0.2, 0) is 13.6 Å². The molecule has 0 N–H and O–H groups in total. The standard InChI is InChI=1S/C17H38O2Si.CH2OS/c1-7-8-9-10-11-12-13-14-15-20(6,18-16(2)3)19-17(4)5;2-1-3/h16-17H,7-15H2,1-6H3;1H,(H,2,3). The van der Waals surface area contributed by atoms with Crippen molar-refractivity contribution < 1.29 is 13.6 Å². The maximum absolute atomic E-state index is 8.67. The van der Waals surface area contributed by atoms with Gasteiger partial charge < -0.3 is 8.85 Å². The highest BCUT2D eigenvalue weighted by atomic mass is 32.1. The number of carbonyl (C=O) groups is 1. The fraction of sp³-hybridized carbons (Fsp3) is 0.944. The van der Waals surface area contributed by atoms with Crippen molar-refractivity contribution in [3.63, 3.8) is 0 Å². The fourth-order valence-corrected chi connectivity index (χ4v) is 5.90. The first-order valence-corrected chi connectivity index (χ1v) is 12.3. The summed E-state index contributed by atoms with van der Waals surface area (Å²) < 4.78 is 12.2. The molecule has 0 aromatic rings. The van der Waals surface area contributed by atoms with Gasteiger partial charge in [-0.1, -0.05) is 58.3 Å². The molecular weight excluding hydrogens is 324 g/mol. The zero-order valence-electron chi connectivity index (χ0n) is 16.3. The van der Waals surface area contributed by atoms with Crippen LogP contribution < -0.4 is 0 Å². The summed E-state index contributed by atoms with van der Waals surface area (Å²) in [5.41, 5.74) is 0.444. The number of hydrogen-bond donors (Lipinski definition) is 1. The summed E-state index contributed by atoms with van der Waals surface area (Å²) in [5, 5.41) is 0. The topological polar surface area (TPSA) is 35.5 Å². The van der Waals surface area contributed by atoms with Gasteiger partial charge in [0.2, 0.25) is 0 Å². The lowest BCUT2D eigenvalue weighted by atomic mass is 10.1. The molecule has 140 valence electrons. The van der Waals surface area contributed by atoms with E-state index in [1.54, 1.807) is 0 Å². The van der Waals surface area contributed by atoms with Gasteiger partial charge in [0, 0.05) is 12.2 Å². The van der Waals surface area contributed by atoms with Crippen LogP contribution in [0.2, 0.25) is 12.6 Å². The highest BCUT2D eigenvalue weighted by Gasteiger charge is 2.33. The molecule has 0 spiro atoms.